The standard InChI is InChI=1S/C17H27N3O3S/c1-5-18-10-12-19(13-11-18)17(21)15(3)20(24(4,22)23)16-8-6-14(2)7-9-16/h6-9,15H,5,10-13H2,1-4H3/p+1/t15-/m1/s1. The Morgan fingerprint density at radius 2 is 1.79 bits per heavy atom. The van der Waals surface area contributed by atoms with Crippen molar-refractivity contribution >= 4 is 21.6 Å². The van der Waals surface area contributed by atoms with E-state index in [1.807, 2.05) is 19.1 Å². The molecule has 1 amide bonds. The van der Waals surface area contributed by atoms with E-state index in [0.717, 1.165) is 31.5 Å². The van der Waals surface area contributed by atoms with Crippen molar-refractivity contribution in [3.05, 3.63) is 29.8 Å². The van der Waals surface area contributed by atoms with Gasteiger partial charge in [-0.15, -0.1) is 0 Å². The van der Waals surface area contributed by atoms with Crippen molar-refractivity contribution in [1.82, 2.24) is 4.90 Å². The molecule has 0 saturated carbocycles. The minimum Gasteiger partial charge on any atom is -0.332 e. The monoisotopic (exact) mass is 354 g/mol. The van der Waals surface area contributed by atoms with E-state index in [1.165, 1.54) is 9.21 Å². The molecule has 1 aliphatic heterocycles. The lowest BCUT2D eigenvalue weighted by Gasteiger charge is -2.36. The van der Waals surface area contributed by atoms with Gasteiger partial charge >= 0.3 is 0 Å². The van der Waals surface area contributed by atoms with E-state index in [-0.39, 0.29) is 5.91 Å². The van der Waals surface area contributed by atoms with E-state index < -0.39 is 16.1 Å². The zero-order valence-electron chi connectivity index (χ0n) is 14.9. The molecule has 0 bridgehead atoms. The number of aryl methyl sites for hydroxylation is 1. The molecule has 0 aromatic heterocycles. The fourth-order valence-corrected chi connectivity index (χ4v) is 4.32. The smallest absolute Gasteiger partial charge is 0.246 e. The van der Waals surface area contributed by atoms with E-state index in [4.69, 9.17) is 0 Å². The molecule has 24 heavy (non-hydrogen) atoms. The molecule has 0 radical (unpaired) electrons. The fraction of sp³-hybridized carbons (Fsp3) is 0.588. The molecule has 7 heteroatoms. The van der Waals surface area contributed by atoms with Crippen LogP contribution < -0.4 is 9.21 Å². The quantitative estimate of drug-likeness (QED) is 0.803. The normalized spacial score (nSPS) is 17.6. The number of nitrogens with one attached hydrogen (secondary N) is 1. The van der Waals surface area contributed by atoms with Gasteiger partial charge in [-0.25, -0.2) is 8.42 Å². The number of hydrogen-bond acceptors (Lipinski definition) is 3. The number of amides is 1. The molecule has 0 aliphatic carbocycles. The maximum atomic E-state index is 12.8. The number of quaternary nitrogens is 1. The van der Waals surface area contributed by atoms with Crippen LogP contribution in [-0.4, -0.2) is 64.2 Å². The zero-order valence-corrected chi connectivity index (χ0v) is 15.8. The number of carbonyl (C=O) groups excluding carboxylic acids is 1. The van der Waals surface area contributed by atoms with Crippen molar-refractivity contribution in [3.63, 3.8) is 0 Å². The Morgan fingerprint density at radius 1 is 1.25 bits per heavy atom. The summed E-state index contributed by atoms with van der Waals surface area (Å²) in [5, 5.41) is 0. The molecule has 2 rings (SSSR count). The highest BCUT2D eigenvalue weighted by Crippen LogP contribution is 2.22. The maximum absolute atomic E-state index is 12.8. The number of hydrogen-bond donors (Lipinski definition) is 1. The van der Waals surface area contributed by atoms with Crippen LogP contribution in [0.4, 0.5) is 5.69 Å². The summed E-state index contributed by atoms with van der Waals surface area (Å²) in [6, 6.07) is 6.46. The first-order chi connectivity index (χ1) is 11.2. The second-order valence-corrected chi connectivity index (χ2v) is 8.36. The Hall–Kier alpha value is -1.60. The van der Waals surface area contributed by atoms with Crippen LogP contribution in [0.1, 0.15) is 19.4 Å². The summed E-state index contributed by atoms with van der Waals surface area (Å²) < 4.78 is 25.8. The topological polar surface area (TPSA) is 62.1 Å². The van der Waals surface area contributed by atoms with Crippen molar-refractivity contribution in [2.45, 2.75) is 26.8 Å². The minimum absolute atomic E-state index is 0.129. The number of sulfonamides is 1. The maximum Gasteiger partial charge on any atom is 0.246 e. The van der Waals surface area contributed by atoms with Gasteiger partial charge in [0.15, 0.2) is 0 Å². The third-order valence-corrected chi connectivity index (χ3v) is 5.88. The summed E-state index contributed by atoms with van der Waals surface area (Å²) >= 11 is 0. The number of rotatable bonds is 5. The highest BCUT2D eigenvalue weighted by atomic mass is 32.2. The number of carbonyl (C=O) groups is 1. The highest BCUT2D eigenvalue weighted by Gasteiger charge is 2.33. The van der Waals surface area contributed by atoms with Crippen LogP contribution in [0.3, 0.4) is 0 Å². The zero-order chi connectivity index (χ0) is 17.9. The molecule has 1 saturated heterocycles. The highest BCUT2D eigenvalue weighted by molar-refractivity contribution is 7.92. The summed E-state index contributed by atoms with van der Waals surface area (Å²) in [6.45, 7) is 9.99. The lowest BCUT2D eigenvalue weighted by Crippen LogP contribution is -3.14. The van der Waals surface area contributed by atoms with Crippen LogP contribution in [0.5, 0.6) is 0 Å². The first-order valence-corrected chi connectivity index (χ1v) is 10.3. The summed E-state index contributed by atoms with van der Waals surface area (Å²) in [4.78, 5) is 16.1. The Balaban J connectivity index is 2.20. The Morgan fingerprint density at radius 3 is 2.25 bits per heavy atom. The van der Waals surface area contributed by atoms with Crippen molar-refractivity contribution < 1.29 is 18.1 Å². The number of anilines is 1. The molecular formula is C17H28N3O3S+. The van der Waals surface area contributed by atoms with Crippen LogP contribution in [0, 0.1) is 6.92 Å². The van der Waals surface area contributed by atoms with Gasteiger partial charge in [0, 0.05) is 0 Å². The average molecular weight is 354 g/mol. The van der Waals surface area contributed by atoms with Crippen LogP contribution in [0.15, 0.2) is 24.3 Å². The molecule has 1 atom stereocenters. The Labute approximate surface area is 145 Å². The number of piperazine rings is 1. The predicted octanol–water partition coefficient (Wildman–Crippen LogP) is -0.103. The van der Waals surface area contributed by atoms with Gasteiger partial charge in [0.05, 0.1) is 44.7 Å². The molecule has 0 spiro atoms. The molecule has 6 nitrogen and oxygen atoms in total. The molecule has 1 aliphatic rings. The van der Waals surface area contributed by atoms with E-state index in [0.29, 0.717) is 18.8 Å². The summed E-state index contributed by atoms with van der Waals surface area (Å²) in [7, 11) is -3.55. The second-order valence-electron chi connectivity index (χ2n) is 6.50. The first-order valence-electron chi connectivity index (χ1n) is 8.42. The van der Waals surface area contributed by atoms with Crippen LogP contribution >= 0.6 is 0 Å². The van der Waals surface area contributed by atoms with Gasteiger partial charge in [0.1, 0.15) is 6.04 Å². The van der Waals surface area contributed by atoms with Gasteiger partial charge < -0.3 is 9.80 Å². The molecule has 1 N–H and O–H groups in total. The number of likely N-dealkylation sites (N-methyl/N-ethyl adjacent to an activating group) is 1. The molecule has 1 aromatic carbocycles. The molecule has 0 unspecified atom stereocenters. The third kappa shape index (κ3) is 4.27. The summed E-state index contributed by atoms with van der Waals surface area (Å²) in [6.07, 6.45) is 1.15. The van der Waals surface area contributed by atoms with Gasteiger partial charge in [0.2, 0.25) is 15.9 Å². The predicted molar refractivity (Wildman–Crippen MR) is 95.8 cm³/mol. The second kappa shape index (κ2) is 7.53. The van der Waals surface area contributed by atoms with Crippen molar-refractivity contribution in [1.29, 1.82) is 0 Å². The molecule has 1 fully saturated rings. The fourth-order valence-electron chi connectivity index (χ4n) is 3.16. The summed E-state index contributed by atoms with van der Waals surface area (Å²) in [5.41, 5.74) is 1.58. The number of benzene rings is 1. The van der Waals surface area contributed by atoms with Crippen LogP contribution in [-0.2, 0) is 14.8 Å². The van der Waals surface area contributed by atoms with E-state index in [1.54, 1.807) is 24.0 Å². The van der Waals surface area contributed by atoms with Crippen LogP contribution in [0.2, 0.25) is 0 Å². The third-order valence-electron chi connectivity index (χ3n) is 4.64. The Bertz CT molecular complexity index is 665. The van der Waals surface area contributed by atoms with Crippen molar-refractivity contribution in [2.75, 3.05) is 43.3 Å². The van der Waals surface area contributed by atoms with E-state index in [9.17, 15) is 13.2 Å². The Kier molecular flexibility index (Phi) is 5.87. The lowest BCUT2D eigenvalue weighted by atomic mass is 10.2. The average Bonchev–Trinajstić information content (AvgIpc) is 2.55. The largest absolute Gasteiger partial charge is 0.332 e. The van der Waals surface area contributed by atoms with Gasteiger partial charge in [0.25, 0.3) is 0 Å². The minimum atomic E-state index is -3.55. The molecule has 1 heterocycles. The SMILES string of the molecule is CC[NH+]1CCN(C(=O)[C@@H](C)N(c2ccc(C)cc2)S(C)(=O)=O)CC1. The number of nitrogens with zero attached hydrogens (tertiary/aromatic N) is 2. The first kappa shape index (κ1) is 18.7. The molecule has 134 valence electrons. The lowest BCUT2D eigenvalue weighted by molar-refractivity contribution is -0.902. The van der Waals surface area contributed by atoms with E-state index >= 15 is 0 Å². The summed E-state index contributed by atoms with van der Waals surface area (Å²) in [5.74, 6) is -0.129. The molecule has 1 aromatic rings. The van der Waals surface area contributed by atoms with Gasteiger partial charge in [-0.3, -0.25) is 9.10 Å². The van der Waals surface area contributed by atoms with E-state index in [2.05, 4.69) is 6.92 Å². The van der Waals surface area contributed by atoms with Gasteiger partial charge in [-0.1, -0.05) is 17.7 Å². The van der Waals surface area contributed by atoms with Crippen molar-refractivity contribution in [3.8, 4) is 0 Å². The van der Waals surface area contributed by atoms with Gasteiger partial charge in [-0.05, 0) is 32.9 Å². The molecular weight excluding hydrogens is 326 g/mol. The van der Waals surface area contributed by atoms with Crippen LogP contribution in [0.25, 0.3) is 0 Å². The van der Waals surface area contributed by atoms with Crippen molar-refractivity contribution in [2.24, 2.45) is 0 Å². The van der Waals surface area contributed by atoms with Gasteiger partial charge in [-0.2, -0.15) is 0 Å².